The van der Waals surface area contributed by atoms with Crippen LogP contribution in [0.5, 0.6) is 0 Å². The number of amides is 1. The molecular formula is C14H20ClNO2S. The van der Waals surface area contributed by atoms with E-state index in [1.165, 1.54) is 0 Å². The van der Waals surface area contributed by atoms with Crippen molar-refractivity contribution < 1.29 is 9.00 Å². The second-order valence-corrected chi connectivity index (χ2v) is 6.37. The van der Waals surface area contributed by atoms with E-state index in [0.717, 1.165) is 18.4 Å². The van der Waals surface area contributed by atoms with Gasteiger partial charge in [-0.2, -0.15) is 0 Å². The summed E-state index contributed by atoms with van der Waals surface area (Å²) in [5.41, 5.74) is 1.51. The molecule has 0 saturated heterocycles. The largest absolute Gasteiger partial charge is 0.326 e. The van der Waals surface area contributed by atoms with Crippen molar-refractivity contribution in [3.63, 3.8) is 0 Å². The zero-order chi connectivity index (χ0) is 14.4. The van der Waals surface area contributed by atoms with E-state index in [-0.39, 0.29) is 11.8 Å². The number of halogens is 1. The molecule has 0 bridgehead atoms. The minimum absolute atomic E-state index is 0.0240. The highest BCUT2D eigenvalue weighted by Crippen LogP contribution is 2.22. The van der Waals surface area contributed by atoms with Crippen LogP contribution in [0.3, 0.4) is 0 Å². The molecule has 5 heteroatoms. The number of anilines is 1. The normalized spacial score (nSPS) is 12.5. The van der Waals surface area contributed by atoms with Crippen LogP contribution in [0.2, 0.25) is 5.02 Å². The van der Waals surface area contributed by atoms with Gasteiger partial charge >= 0.3 is 0 Å². The van der Waals surface area contributed by atoms with Crippen molar-refractivity contribution in [2.75, 3.05) is 11.6 Å². The number of rotatable bonds is 6. The average Bonchev–Trinajstić information content (AvgIpc) is 2.34. The molecule has 0 aliphatic carbocycles. The van der Waals surface area contributed by atoms with Gasteiger partial charge in [-0.3, -0.25) is 9.00 Å². The van der Waals surface area contributed by atoms with Crippen molar-refractivity contribution in [2.24, 2.45) is 5.92 Å². The van der Waals surface area contributed by atoms with E-state index in [0.29, 0.717) is 16.5 Å². The van der Waals surface area contributed by atoms with Crippen LogP contribution in [0.4, 0.5) is 5.69 Å². The predicted octanol–water partition coefficient (Wildman–Crippen LogP) is 3.59. The van der Waals surface area contributed by atoms with E-state index in [1.807, 2.05) is 13.8 Å². The highest BCUT2D eigenvalue weighted by Gasteiger charge is 2.14. The number of hydrogen-bond acceptors (Lipinski definition) is 2. The van der Waals surface area contributed by atoms with Crippen molar-refractivity contribution in [1.29, 1.82) is 0 Å². The minimum atomic E-state index is -0.957. The molecule has 1 aromatic carbocycles. The van der Waals surface area contributed by atoms with Crippen molar-refractivity contribution in [2.45, 2.75) is 32.4 Å². The molecule has 0 fully saturated rings. The summed E-state index contributed by atoms with van der Waals surface area (Å²) in [7, 11) is -0.957. The third-order valence-electron chi connectivity index (χ3n) is 3.03. The predicted molar refractivity (Wildman–Crippen MR) is 81.9 cm³/mol. The highest BCUT2D eigenvalue weighted by molar-refractivity contribution is 7.83. The smallest absolute Gasteiger partial charge is 0.227 e. The Bertz CT molecular complexity index is 473. The van der Waals surface area contributed by atoms with Gasteiger partial charge in [-0.05, 0) is 36.6 Å². The molecular weight excluding hydrogens is 282 g/mol. The SMILES string of the molecule is CCC(CC)C(=O)Nc1ccc(Cl)c(C[S@](C)=O)c1. The maximum atomic E-state index is 12.0. The topological polar surface area (TPSA) is 46.2 Å². The molecule has 1 amide bonds. The summed E-state index contributed by atoms with van der Waals surface area (Å²) < 4.78 is 11.3. The lowest BCUT2D eigenvalue weighted by molar-refractivity contribution is -0.120. The molecule has 0 saturated carbocycles. The van der Waals surface area contributed by atoms with Crippen LogP contribution in [-0.4, -0.2) is 16.4 Å². The lowest BCUT2D eigenvalue weighted by atomic mass is 10.0. The Hall–Kier alpha value is -0.870. The first kappa shape index (κ1) is 16.2. The molecule has 0 unspecified atom stereocenters. The van der Waals surface area contributed by atoms with Crippen LogP contribution >= 0.6 is 11.6 Å². The van der Waals surface area contributed by atoms with Crippen LogP contribution in [0, 0.1) is 5.92 Å². The maximum absolute atomic E-state index is 12.0. The second kappa shape index (κ2) is 7.65. The van der Waals surface area contributed by atoms with Crippen LogP contribution in [0.1, 0.15) is 32.3 Å². The van der Waals surface area contributed by atoms with Crippen molar-refractivity contribution in [3.05, 3.63) is 28.8 Å². The van der Waals surface area contributed by atoms with Gasteiger partial charge in [0.15, 0.2) is 0 Å². The minimum Gasteiger partial charge on any atom is -0.326 e. The van der Waals surface area contributed by atoms with Gasteiger partial charge in [0.05, 0.1) is 0 Å². The zero-order valence-corrected chi connectivity index (χ0v) is 13.1. The van der Waals surface area contributed by atoms with Crippen molar-refractivity contribution in [3.8, 4) is 0 Å². The summed E-state index contributed by atoms with van der Waals surface area (Å²) in [4.78, 5) is 12.0. The summed E-state index contributed by atoms with van der Waals surface area (Å²) in [6.07, 6.45) is 3.27. The van der Waals surface area contributed by atoms with Crippen LogP contribution in [0.15, 0.2) is 18.2 Å². The fourth-order valence-corrected chi connectivity index (χ4v) is 2.83. The summed E-state index contributed by atoms with van der Waals surface area (Å²) in [6.45, 7) is 4.00. The molecule has 3 nitrogen and oxygen atoms in total. The summed E-state index contributed by atoms with van der Waals surface area (Å²) in [5, 5.41) is 3.47. The van der Waals surface area contributed by atoms with Crippen LogP contribution in [-0.2, 0) is 21.3 Å². The van der Waals surface area contributed by atoms with Crippen LogP contribution < -0.4 is 5.32 Å². The lowest BCUT2D eigenvalue weighted by Gasteiger charge is -2.13. The third kappa shape index (κ3) is 4.96. The molecule has 0 spiro atoms. The fraction of sp³-hybridized carbons (Fsp3) is 0.500. The number of carbonyl (C=O) groups excluding carboxylic acids is 1. The Morgan fingerprint density at radius 1 is 1.37 bits per heavy atom. The second-order valence-electron chi connectivity index (χ2n) is 4.53. The number of nitrogens with one attached hydrogen (secondary N) is 1. The van der Waals surface area contributed by atoms with Gasteiger partial charge in [0.1, 0.15) is 0 Å². The Kier molecular flexibility index (Phi) is 6.52. The lowest BCUT2D eigenvalue weighted by Crippen LogP contribution is -2.21. The first-order valence-electron chi connectivity index (χ1n) is 6.37. The number of hydrogen-bond donors (Lipinski definition) is 1. The number of carbonyl (C=O) groups is 1. The molecule has 106 valence electrons. The van der Waals surface area contributed by atoms with Gasteiger partial charge in [0.2, 0.25) is 5.91 Å². The van der Waals surface area contributed by atoms with E-state index in [2.05, 4.69) is 5.32 Å². The Balaban J connectivity index is 2.84. The monoisotopic (exact) mass is 301 g/mol. The molecule has 1 atom stereocenters. The zero-order valence-electron chi connectivity index (χ0n) is 11.5. The van der Waals surface area contributed by atoms with E-state index in [9.17, 15) is 9.00 Å². The Morgan fingerprint density at radius 2 is 2.00 bits per heavy atom. The van der Waals surface area contributed by atoms with Gasteiger partial charge in [-0.25, -0.2) is 0 Å². The molecule has 0 aromatic heterocycles. The van der Waals surface area contributed by atoms with Crippen molar-refractivity contribution >= 4 is 34.0 Å². The number of benzene rings is 1. The Morgan fingerprint density at radius 3 is 2.53 bits per heavy atom. The van der Waals surface area contributed by atoms with E-state index in [1.54, 1.807) is 24.5 Å². The molecule has 19 heavy (non-hydrogen) atoms. The van der Waals surface area contributed by atoms with E-state index in [4.69, 9.17) is 11.6 Å². The van der Waals surface area contributed by atoms with E-state index >= 15 is 0 Å². The average molecular weight is 302 g/mol. The van der Waals surface area contributed by atoms with Gasteiger partial charge in [-0.15, -0.1) is 0 Å². The molecule has 1 N–H and O–H groups in total. The third-order valence-corrected chi connectivity index (χ3v) is 4.11. The first-order chi connectivity index (χ1) is 8.97. The fourth-order valence-electron chi connectivity index (χ4n) is 1.89. The van der Waals surface area contributed by atoms with Gasteiger partial charge < -0.3 is 5.32 Å². The Labute approximate surface area is 122 Å². The maximum Gasteiger partial charge on any atom is 0.227 e. The quantitative estimate of drug-likeness (QED) is 0.872. The molecule has 0 aliphatic heterocycles. The van der Waals surface area contributed by atoms with E-state index < -0.39 is 10.8 Å². The van der Waals surface area contributed by atoms with Gasteiger partial charge in [0.25, 0.3) is 0 Å². The molecule has 0 heterocycles. The standard InChI is InChI=1S/C14H20ClNO2S/c1-4-10(5-2)14(17)16-12-6-7-13(15)11(8-12)9-19(3)18/h6-8,10H,4-5,9H2,1-3H3,(H,16,17)/t19-/m0/s1. The molecule has 0 radical (unpaired) electrons. The summed E-state index contributed by atoms with van der Waals surface area (Å²) in [6, 6.07) is 5.29. The van der Waals surface area contributed by atoms with Crippen molar-refractivity contribution in [1.82, 2.24) is 0 Å². The summed E-state index contributed by atoms with van der Waals surface area (Å²) >= 11 is 6.05. The summed E-state index contributed by atoms with van der Waals surface area (Å²) in [5.74, 6) is 0.448. The molecule has 0 aliphatic rings. The van der Waals surface area contributed by atoms with Gasteiger partial charge in [0, 0.05) is 39.4 Å². The first-order valence-corrected chi connectivity index (χ1v) is 8.47. The highest BCUT2D eigenvalue weighted by atomic mass is 35.5. The van der Waals surface area contributed by atoms with Crippen LogP contribution in [0.25, 0.3) is 0 Å². The molecule has 1 rings (SSSR count). The van der Waals surface area contributed by atoms with Gasteiger partial charge in [-0.1, -0.05) is 25.4 Å². The molecule has 1 aromatic rings.